The van der Waals surface area contributed by atoms with Crippen molar-refractivity contribution in [1.29, 1.82) is 0 Å². The highest BCUT2D eigenvalue weighted by Gasteiger charge is 2.19. The second-order valence-electron chi connectivity index (χ2n) is 4.93. The maximum Gasteiger partial charge on any atom is 0.292 e. The highest BCUT2D eigenvalue weighted by Crippen LogP contribution is 2.23. The number of nitrogen functional groups attached to an aromatic ring is 1. The molecule has 0 aliphatic carbocycles. The van der Waals surface area contributed by atoms with Gasteiger partial charge in [0.15, 0.2) is 0 Å². The van der Waals surface area contributed by atoms with Gasteiger partial charge >= 0.3 is 0 Å². The van der Waals surface area contributed by atoms with E-state index in [1.54, 1.807) is 0 Å². The molecule has 120 valence electrons. The van der Waals surface area contributed by atoms with Gasteiger partial charge in [-0.25, -0.2) is 8.78 Å². The topological polar surface area (TPSA) is 89.5 Å². The van der Waals surface area contributed by atoms with E-state index in [1.165, 1.54) is 30.1 Å². The van der Waals surface area contributed by atoms with E-state index in [4.69, 9.17) is 5.73 Å². The number of anilines is 1. The summed E-state index contributed by atoms with van der Waals surface area (Å²) in [6, 6.07) is 6.72. The Bertz CT molecular complexity index is 781. The molecule has 0 aliphatic rings. The minimum atomic E-state index is -0.770. The number of rotatable bonds is 4. The predicted molar refractivity (Wildman–Crippen MR) is 79.7 cm³/mol. The van der Waals surface area contributed by atoms with Crippen LogP contribution in [0.2, 0.25) is 0 Å². The molecule has 8 heteroatoms. The number of carbonyl (C=O) groups is 1. The highest BCUT2D eigenvalue weighted by molar-refractivity contribution is 5.95. The quantitative estimate of drug-likeness (QED) is 0.532. The second kappa shape index (κ2) is 6.39. The van der Waals surface area contributed by atoms with E-state index < -0.39 is 22.5 Å². The van der Waals surface area contributed by atoms with E-state index in [9.17, 15) is 23.7 Å². The fourth-order valence-corrected chi connectivity index (χ4v) is 2.03. The largest absolute Gasteiger partial charge is 0.393 e. The van der Waals surface area contributed by atoms with Crippen LogP contribution in [-0.4, -0.2) is 22.8 Å². The molecule has 2 N–H and O–H groups in total. The molecule has 1 amide bonds. The van der Waals surface area contributed by atoms with Gasteiger partial charge in [-0.2, -0.15) is 0 Å². The Hall–Kier alpha value is -3.03. The van der Waals surface area contributed by atoms with Crippen molar-refractivity contribution in [1.82, 2.24) is 4.90 Å². The van der Waals surface area contributed by atoms with Crippen molar-refractivity contribution in [2.45, 2.75) is 6.54 Å². The summed E-state index contributed by atoms with van der Waals surface area (Å²) in [6.07, 6.45) is 0. The van der Waals surface area contributed by atoms with Crippen LogP contribution >= 0.6 is 0 Å². The van der Waals surface area contributed by atoms with Gasteiger partial charge in [0.2, 0.25) is 0 Å². The van der Waals surface area contributed by atoms with E-state index in [2.05, 4.69) is 0 Å². The second-order valence-corrected chi connectivity index (χ2v) is 4.93. The molecule has 0 aliphatic heterocycles. The first-order valence-electron chi connectivity index (χ1n) is 6.53. The normalized spacial score (nSPS) is 10.4. The number of carbonyl (C=O) groups excluding carboxylic acids is 1. The number of halogens is 2. The number of hydrogen-bond acceptors (Lipinski definition) is 4. The van der Waals surface area contributed by atoms with Crippen molar-refractivity contribution in [3.05, 3.63) is 69.3 Å². The van der Waals surface area contributed by atoms with E-state index in [1.807, 2.05) is 0 Å². The first-order valence-corrected chi connectivity index (χ1v) is 6.53. The van der Waals surface area contributed by atoms with Gasteiger partial charge in [-0.05, 0) is 18.2 Å². The maximum absolute atomic E-state index is 13.6. The van der Waals surface area contributed by atoms with Gasteiger partial charge in [0.1, 0.15) is 17.3 Å². The molecule has 6 nitrogen and oxygen atoms in total. The molecule has 0 aromatic heterocycles. The summed E-state index contributed by atoms with van der Waals surface area (Å²) in [4.78, 5) is 23.6. The summed E-state index contributed by atoms with van der Waals surface area (Å²) in [6.45, 7) is -0.108. The highest BCUT2D eigenvalue weighted by atomic mass is 19.1. The van der Waals surface area contributed by atoms with Crippen LogP contribution in [0, 0.1) is 21.7 Å². The zero-order chi connectivity index (χ0) is 17.1. The zero-order valence-electron chi connectivity index (χ0n) is 12.1. The third-order valence-corrected chi connectivity index (χ3v) is 3.24. The molecule has 0 saturated heterocycles. The van der Waals surface area contributed by atoms with Gasteiger partial charge in [-0.3, -0.25) is 14.9 Å². The molecule has 0 spiro atoms. The van der Waals surface area contributed by atoms with Crippen LogP contribution in [0.4, 0.5) is 20.2 Å². The fraction of sp³-hybridized carbons (Fsp3) is 0.133. The van der Waals surface area contributed by atoms with Crippen LogP contribution in [0.25, 0.3) is 0 Å². The van der Waals surface area contributed by atoms with Crippen molar-refractivity contribution in [3.8, 4) is 0 Å². The van der Waals surface area contributed by atoms with Crippen molar-refractivity contribution in [2.24, 2.45) is 0 Å². The molecule has 0 radical (unpaired) electrons. The van der Waals surface area contributed by atoms with Gasteiger partial charge in [0.05, 0.1) is 4.92 Å². The Morgan fingerprint density at radius 2 is 1.96 bits per heavy atom. The lowest BCUT2D eigenvalue weighted by molar-refractivity contribution is -0.383. The Kier molecular flexibility index (Phi) is 4.54. The van der Waals surface area contributed by atoms with Crippen LogP contribution in [0.15, 0.2) is 36.4 Å². The van der Waals surface area contributed by atoms with Crippen molar-refractivity contribution in [2.75, 3.05) is 12.8 Å². The lowest BCUT2D eigenvalue weighted by Crippen LogP contribution is -2.26. The number of nitro benzene ring substituents is 1. The van der Waals surface area contributed by atoms with Crippen LogP contribution in [-0.2, 0) is 6.54 Å². The standard InChI is InChI=1S/C15H13F2N3O3/c1-19(8-10-2-4-11(16)7-12(10)17)15(21)9-3-5-13(18)14(6-9)20(22)23/h2-7H,8,18H2,1H3. The fourth-order valence-electron chi connectivity index (χ4n) is 2.03. The molecule has 2 aromatic carbocycles. The molecule has 0 heterocycles. The Balaban J connectivity index is 2.23. The summed E-state index contributed by atoms with van der Waals surface area (Å²) in [7, 11) is 1.41. The first-order chi connectivity index (χ1) is 10.8. The third kappa shape index (κ3) is 3.60. The van der Waals surface area contributed by atoms with Gasteiger partial charge in [0, 0.05) is 36.9 Å². The Morgan fingerprint density at radius 1 is 1.26 bits per heavy atom. The minimum absolute atomic E-state index is 0.0518. The molecule has 0 unspecified atom stereocenters. The summed E-state index contributed by atoms with van der Waals surface area (Å²) in [5, 5.41) is 10.8. The van der Waals surface area contributed by atoms with Crippen LogP contribution in [0.1, 0.15) is 15.9 Å². The summed E-state index contributed by atoms with van der Waals surface area (Å²) >= 11 is 0. The number of amides is 1. The molecular formula is C15H13F2N3O3. The predicted octanol–water partition coefficient (Wildman–Crippen LogP) is 2.73. The van der Waals surface area contributed by atoms with Crippen LogP contribution in [0.3, 0.4) is 0 Å². The number of benzene rings is 2. The number of nitrogens with two attached hydrogens (primary N) is 1. The van der Waals surface area contributed by atoms with Gasteiger partial charge in [-0.1, -0.05) is 6.07 Å². The third-order valence-electron chi connectivity index (χ3n) is 3.24. The van der Waals surface area contributed by atoms with Crippen LogP contribution < -0.4 is 5.73 Å². The van der Waals surface area contributed by atoms with E-state index >= 15 is 0 Å². The first kappa shape index (κ1) is 16.3. The monoisotopic (exact) mass is 321 g/mol. The average Bonchev–Trinajstić information content (AvgIpc) is 2.49. The van der Waals surface area contributed by atoms with Crippen LogP contribution in [0.5, 0.6) is 0 Å². The number of hydrogen-bond donors (Lipinski definition) is 1. The van der Waals surface area contributed by atoms with Crippen molar-refractivity contribution < 1.29 is 18.5 Å². The molecule has 0 fully saturated rings. The van der Waals surface area contributed by atoms with E-state index in [0.29, 0.717) is 0 Å². The Morgan fingerprint density at radius 3 is 2.57 bits per heavy atom. The molecular weight excluding hydrogens is 308 g/mol. The lowest BCUT2D eigenvalue weighted by Gasteiger charge is -2.18. The lowest BCUT2D eigenvalue weighted by atomic mass is 10.1. The molecule has 2 aromatic rings. The van der Waals surface area contributed by atoms with Gasteiger partial charge in [-0.15, -0.1) is 0 Å². The zero-order valence-corrected chi connectivity index (χ0v) is 12.1. The summed E-state index contributed by atoms with van der Waals surface area (Å²) < 4.78 is 26.5. The number of nitrogens with zero attached hydrogens (tertiary/aromatic N) is 2. The smallest absolute Gasteiger partial charge is 0.292 e. The molecule has 23 heavy (non-hydrogen) atoms. The average molecular weight is 321 g/mol. The van der Waals surface area contributed by atoms with Crippen molar-refractivity contribution in [3.63, 3.8) is 0 Å². The van der Waals surface area contributed by atoms with Gasteiger partial charge < -0.3 is 10.6 Å². The molecule has 0 bridgehead atoms. The van der Waals surface area contributed by atoms with Gasteiger partial charge in [0.25, 0.3) is 11.6 Å². The SMILES string of the molecule is CN(Cc1ccc(F)cc1F)C(=O)c1ccc(N)c([N+](=O)[O-])c1. The van der Waals surface area contributed by atoms with E-state index in [-0.39, 0.29) is 29.0 Å². The molecule has 2 rings (SSSR count). The van der Waals surface area contributed by atoms with Crippen molar-refractivity contribution >= 4 is 17.3 Å². The summed E-state index contributed by atoms with van der Waals surface area (Å²) in [5.41, 5.74) is 5.22. The number of nitro groups is 1. The molecule has 0 saturated carbocycles. The minimum Gasteiger partial charge on any atom is -0.393 e. The Labute approximate surface area is 130 Å². The summed E-state index contributed by atoms with van der Waals surface area (Å²) in [5.74, 6) is -2.03. The van der Waals surface area contributed by atoms with E-state index in [0.717, 1.165) is 18.2 Å². The maximum atomic E-state index is 13.6. The molecule has 0 atom stereocenters.